The Labute approximate surface area is 88.3 Å². The number of hydrogen-bond acceptors (Lipinski definition) is 2. The van der Waals surface area contributed by atoms with Crippen LogP contribution in [0.5, 0.6) is 0 Å². The Hall–Kier alpha value is -0.340. The van der Waals surface area contributed by atoms with Gasteiger partial charge in [-0.25, -0.2) is 5.01 Å². The van der Waals surface area contributed by atoms with Crippen LogP contribution in [0.3, 0.4) is 0 Å². The van der Waals surface area contributed by atoms with Gasteiger partial charge < -0.3 is 0 Å². The third-order valence-electron chi connectivity index (χ3n) is 2.97. The molecular weight excluding hydrogens is 172 g/mol. The fourth-order valence-corrected chi connectivity index (χ4v) is 1.67. The summed E-state index contributed by atoms with van der Waals surface area (Å²) in [6.07, 6.45) is 4.53. The molecule has 3 unspecified atom stereocenters. The summed E-state index contributed by atoms with van der Waals surface area (Å²) in [7, 11) is 0. The molecule has 14 heavy (non-hydrogen) atoms. The van der Waals surface area contributed by atoms with Crippen molar-refractivity contribution in [3.63, 3.8) is 0 Å². The van der Waals surface area contributed by atoms with Gasteiger partial charge in [-0.15, -0.1) is 6.58 Å². The molecule has 1 aliphatic rings. The number of hydrogen-bond donors (Lipinski definition) is 1. The molecule has 1 fully saturated rings. The van der Waals surface area contributed by atoms with Gasteiger partial charge in [0.05, 0.1) is 0 Å². The predicted molar refractivity (Wildman–Crippen MR) is 61.9 cm³/mol. The molecule has 1 saturated heterocycles. The van der Waals surface area contributed by atoms with E-state index < -0.39 is 0 Å². The molecule has 2 nitrogen and oxygen atoms in total. The second-order valence-corrected chi connectivity index (χ2v) is 4.73. The Kier molecular flexibility index (Phi) is 4.63. The molecule has 1 aliphatic heterocycles. The Bertz CT molecular complexity index is 177. The maximum Gasteiger partial charge on any atom is 0.0408 e. The highest BCUT2D eigenvalue weighted by Crippen LogP contribution is 2.21. The Balaban J connectivity index is 1.93. The first-order valence-corrected chi connectivity index (χ1v) is 5.78. The van der Waals surface area contributed by atoms with Gasteiger partial charge >= 0.3 is 0 Å². The average Bonchev–Trinajstić information content (AvgIpc) is 2.91. The molecule has 0 bridgehead atoms. The maximum absolute atomic E-state index is 3.79. The van der Waals surface area contributed by atoms with Gasteiger partial charge in [0.15, 0.2) is 0 Å². The van der Waals surface area contributed by atoms with Crippen molar-refractivity contribution in [1.82, 2.24) is 10.4 Å². The van der Waals surface area contributed by atoms with E-state index in [9.17, 15) is 0 Å². The van der Waals surface area contributed by atoms with Crippen LogP contribution in [0.15, 0.2) is 12.7 Å². The van der Waals surface area contributed by atoms with Crippen molar-refractivity contribution in [1.29, 1.82) is 0 Å². The monoisotopic (exact) mass is 196 g/mol. The minimum absolute atomic E-state index is 0.659. The molecule has 0 amide bonds. The van der Waals surface area contributed by atoms with Crippen molar-refractivity contribution in [2.45, 2.75) is 39.7 Å². The average molecular weight is 196 g/mol. The van der Waals surface area contributed by atoms with Crippen molar-refractivity contribution in [3.05, 3.63) is 12.7 Å². The summed E-state index contributed by atoms with van der Waals surface area (Å²) in [5.41, 5.74) is 3.47. The van der Waals surface area contributed by atoms with E-state index in [4.69, 9.17) is 0 Å². The maximum atomic E-state index is 3.79. The lowest BCUT2D eigenvalue weighted by Crippen LogP contribution is -2.25. The molecule has 0 saturated carbocycles. The zero-order valence-electron chi connectivity index (χ0n) is 9.79. The molecular formula is C12H24N2. The van der Waals surface area contributed by atoms with Crippen molar-refractivity contribution in [2.24, 2.45) is 11.8 Å². The summed E-state index contributed by atoms with van der Waals surface area (Å²) in [4.78, 5) is 0. The summed E-state index contributed by atoms with van der Waals surface area (Å²) in [5.74, 6) is 1.45. The Morgan fingerprint density at radius 3 is 2.71 bits per heavy atom. The first kappa shape index (κ1) is 11.7. The van der Waals surface area contributed by atoms with Crippen LogP contribution in [0, 0.1) is 11.8 Å². The normalized spacial score (nSPS) is 27.7. The van der Waals surface area contributed by atoms with Crippen LogP contribution in [0.25, 0.3) is 0 Å². The van der Waals surface area contributed by atoms with Crippen LogP contribution in [-0.2, 0) is 0 Å². The molecule has 0 aromatic rings. The second kappa shape index (κ2) is 5.52. The third kappa shape index (κ3) is 3.81. The van der Waals surface area contributed by atoms with Gasteiger partial charge in [-0.05, 0) is 24.7 Å². The van der Waals surface area contributed by atoms with Crippen LogP contribution in [0.1, 0.15) is 33.6 Å². The van der Waals surface area contributed by atoms with E-state index in [0.717, 1.165) is 18.5 Å². The molecule has 0 aliphatic carbocycles. The van der Waals surface area contributed by atoms with Crippen LogP contribution in [0.4, 0.5) is 0 Å². The van der Waals surface area contributed by atoms with E-state index in [1.807, 2.05) is 6.08 Å². The van der Waals surface area contributed by atoms with Crippen LogP contribution in [-0.4, -0.2) is 24.1 Å². The molecule has 82 valence electrons. The molecule has 2 heteroatoms. The highest BCUT2D eigenvalue weighted by molar-refractivity contribution is 4.88. The standard InChI is InChI=1S/C12H24N2/c1-5-11(4)7-6-8-13-14-9-12(14)10(2)3/h5,10-13H,1,6-9H2,2-4H3. The van der Waals surface area contributed by atoms with Crippen molar-refractivity contribution in [2.75, 3.05) is 13.1 Å². The molecule has 1 heterocycles. The minimum Gasteiger partial charge on any atom is -0.255 e. The fraction of sp³-hybridized carbons (Fsp3) is 0.833. The van der Waals surface area contributed by atoms with E-state index in [-0.39, 0.29) is 0 Å². The second-order valence-electron chi connectivity index (χ2n) is 4.73. The van der Waals surface area contributed by atoms with Crippen molar-refractivity contribution >= 4 is 0 Å². The van der Waals surface area contributed by atoms with Crippen LogP contribution >= 0.6 is 0 Å². The van der Waals surface area contributed by atoms with Gasteiger partial charge in [-0.3, -0.25) is 5.43 Å². The zero-order valence-corrected chi connectivity index (χ0v) is 9.79. The van der Waals surface area contributed by atoms with E-state index in [1.54, 1.807) is 0 Å². The number of rotatable bonds is 7. The van der Waals surface area contributed by atoms with E-state index >= 15 is 0 Å². The van der Waals surface area contributed by atoms with Crippen LogP contribution < -0.4 is 5.43 Å². The van der Waals surface area contributed by atoms with E-state index in [2.05, 4.69) is 37.8 Å². The molecule has 1 rings (SSSR count). The largest absolute Gasteiger partial charge is 0.255 e. The minimum atomic E-state index is 0.659. The smallest absolute Gasteiger partial charge is 0.0408 e. The molecule has 0 spiro atoms. The van der Waals surface area contributed by atoms with E-state index in [1.165, 1.54) is 19.4 Å². The lowest BCUT2D eigenvalue weighted by molar-refractivity contribution is 0.333. The number of hydrazine groups is 1. The summed E-state index contributed by atoms with van der Waals surface area (Å²) >= 11 is 0. The van der Waals surface area contributed by atoms with Gasteiger partial charge in [-0.2, -0.15) is 0 Å². The summed E-state index contributed by atoms with van der Waals surface area (Å²) in [6.45, 7) is 12.9. The Morgan fingerprint density at radius 2 is 2.21 bits per heavy atom. The van der Waals surface area contributed by atoms with Gasteiger partial charge in [-0.1, -0.05) is 26.8 Å². The summed E-state index contributed by atoms with van der Waals surface area (Å²) < 4.78 is 0. The zero-order chi connectivity index (χ0) is 10.6. The lowest BCUT2D eigenvalue weighted by Gasteiger charge is -2.09. The summed E-state index contributed by atoms with van der Waals surface area (Å²) in [5, 5.41) is 2.35. The molecule has 0 radical (unpaired) electrons. The molecule has 0 aromatic heterocycles. The van der Waals surface area contributed by atoms with E-state index in [0.29, 0.717) is 5.92 Å². The van der Waals surface area contributed by atoms with Crippen molar-refractivity contribution in [3.8, 4) is 0 Å². The molecule has 3 atom stereocenters. The van der Waals surface area contributed by atoms with Gasteiger partial charge in [0.25, 0.3) is 0 Å². The first-order valence-electron chi connectivity index (χ1n) is 5.78. The third-order valence-corrected chi connectivity index (χ3v) is 2.97. The predicted octanol–water partition coefficient (Wildman–Crippen LogP) is 2.43. The highest BCUT2D eigenvalue weighted by Gasteiger charge is 2.35. The fourth-order valence-electron chi connectivity index (χ4n) is 1.67. The van der Waals surface area contributed by atoms with Gasteiger partial charge in [0, 0.05) is 19.1 Å². The first-order chi connectivity index (χ1) is 6.65. The Morgan fingerprint density at radius 1 is 1.50 bits per heavy atom. The molecule has 1 N–H and O–H groups in total. The number of allylic oxidation sites excluding steroid dienone is 1. The topological polar surface area (TPSA) is 15.0 Å². The SMILES string of the molecule is C=CC(C)CCCNN1CC1C(C)C. The lowest BCUT2D eigenvalue weighted by atomic mass is 10.1. The highest BCUT2D eigenvalue weighted by atomic mass is 15.6. The summed E-state index contributed by atoms with van der Waals surface area (Å²) in [6, 6.07) is 0.784. The number of nitrogens with one attached hydrogen (secondary N) is 1. The van der Waals surface area contributed by atoms with Crippen LogP contribution in [0.2, 0.25) is 0 Å². The molecule has 0 aromatic carbocycles. The quantitative estimate of drug-likeness (QED) is 0.382. The van der Waals surface area contributed by atoms with Gasteiger partial charge in [0.1, 0.15) is 0 Å². The van der Waals surface area contributed by atoms with Gasteiger partial charge in [0.2, 0.25) is 0 Å². The number of nitrogens with zero attached hydrogens (tertiary/aromatic N) is 1. The van der Waals surface area contributed by atoms with Crippen molar-refractivity contribution < 1.29 is 0 Å².